The zero-order valence-electron chi connectivity index (χ0n) is 30.3. The van der Waals surface area contributed by atoms with E-state index < -0.39 is 0 Å². The summed E-state index contributed by atoms with van der Waals surface area (Å²) in [4.78, 5) is 13.2. The van der Waals surface area contributed by atoms with Gasteiger partial charge in [0, 0.05) is 50.4 Å². The molecule has 0 amide bonds. The third-order valence-electron chi connectivity index (χ3n) is 10.8. The van der Waals surface area contributed by atoms with Crippen LogP contribution < -0.4 is 4.90 Å². The van der Waals surface area contributed by atoms with Crippen LogP contribution >= 0.6 is 0 Å². The van der Waals surface area contributed by atoms with Crippen molar-refractivity contribution in [3.8, 4) is 33.6 Å². The lowest BCUT2D eigenvalue weighted by atomic mass is 9.98. The number of furan rings is 1. The second-order valence-corrected chi connectivity index (χ2v) is 14.2. The predicted octanol–water partition coefficient (Wildman–Crippen LogP) is 14.3. The van der Waals surface area contributed by atoms with Crippen LogP contribution in [0.1, 0.15) is 0 Å². The second-order valence-electron chi connectivity index (χ2n) is 14.2. The number of rotatable bonds is 6. The van der Waals surface area contributed by atoms with Gasteiger partial charge in [0.25, 0.3) is 0 Å². The molecule has 0 aliphatic heterocycles. The Hall–Kier alpha value is -7.56. The van der Waals surface area contributed by atoms with Crippen LogP contribution in [0.5, 0.6) is 0 Å². The number of para-hydroxylation sites is 1. The van der Waals surface area contributed by atoms with Gasteiger partial charge < -0.3 is 9.32 Å². The normalized spacial score (nSPS) is 11.6. The Balaban J connectivity index is 1.16. The van der Waals surface area contributed by atoms with Gasteiger partial charge in [-0.15, -0.1) is 0 Å². The molecule has 56 heavy (non-hydrogen) atoms. The summed E-state index contributed by atoms with van der Waals surface area (Å²) >= 11 is 0. The molecule has 0 saturated heterocycles. The van der Waals surface area contributed by atoms with Gasteiger partial charge in [-0.3, -0.25) is 0 Å². The molecule has 0 aliphatic rings. The summed E-state index contributed by atoms with van der Waals surface area (Å²) in [5.74, 6) is 0. The molecule has 9 aromatic carbocycles. The molecular formula is C52H33N3O. The van der Waals surface area contributed by atoms with Crippen molar-refractivity contribution in [2.45, 2.75) is 0 Å². The van der Waals surface area contributed by atoms with E-state index in [1.54, 1.807) is 0 Å². The zero-order chi connectivity index (χ0) is 37.0. The number of aromatic nitrogens is 2. The maximum atomic E-state index is 6.43. The number of nitrogens with zero attached hydrogens (tertiary/aromatic N) is 3. The summed E-state index contributed by atoms with van der Waals surface area (Å²) in [5, 5.41) is 6.65. The van der Waals surface area contributed by atoms with Crippen molar-refractivity contribution in [2.75, 3.05) is 4.90 Å². The van der Waals surface area contributed by atoms with Gasteiger partial charge in [0.2, 0.25) is 0 Å². The van der Waals surface area contributed by atoms with E-state index in [1.807, 2.05) is 24.3 Å². The van der Waals surface area contributed by atoms with Crippen molar-refractivity contribution >= 4 is 71.6 Å². The molecule has 4 heteroatoms. The van der Waals surface area contributed by atoms with Gasteiger partial charge in [0.05, 0.1) is 22.4 Å². The van der Waals surface area contributed by atoms with Crippen molar-refractivity contribution in [1.29, 1.82) is 0 Å². The minimum absolute atomic E-state index is 0.850. The van der Waals surface area contributed by atoms with Crippen molar-refractivity contribution in [1.82, 2.24) is 9.97 Å². The van der Waals surface area contributed by atoms with E-state index in [1.165, 1.54) is 5.56 Å². The number of hydrogen-bond donors (Lipinski definition) is 0. The Kier molecular flexibility index (Phi) is 7.46. The Morgan fingerprint density at radius 1 is 0.357 bits per heavy atom. The molecular weight excluding hydrogens is 683 g/mol. The summed E-state index contributed by atoms with van der Waals surface area (Å²) in [6.07, 6.45) is 0. The molecule has 0 radical (unpaired) electrons. The quantitative estimate of drug-likeness (QED) is 0.161. The third-order valence-corrected chi connectivity index (χ3v) is 10.8. The fourth-order valence-corrected chi connectivity index (χ4v) is 8.13. The maximum Gasteiger partial charge on any atom is 0.137 e. The average molecular weight is 716 g/mol. The molecule has 0 spiro atoms. The first-order valence-electron chi connectivity index (χ1n) is 18.9. The summed E-state index contributed by atoms with van der Waals surface area (Å²) < 4.78 is 6.43. The Labute approximate surface area is 323 Å². The molecule has 0 saturated carbocycles. The topological polar surface area (TPSA) is 42.2 Å². The number of fused-ring (bicyclic) bond motifs is 8. The number of hydrogen-bond acceptors (Lipinski definition) is 4. The van der Waals surface area contributed by atoms with Gasteiger partial charge in [0.15, 0.2) is 0 Å². The SMILES string of the molecule is c1ccc(-c2cccc(N(c3ccc4c(c3)oc3ccccc34)c3ccc4ccc5ccc6nc(-c7ccccc7)c(-c7ccccc7)nc6c5c4c3)c2)cc1. The molecule has 0 N–H and O–H groups in total. The lowest BCUT2D eigenvalue weighted by molar-refractivity contribution is 0.669. The van der Waals surface area contributed by atoms with E-state index in [-0.39, 0.29) is 0 Å². The van der Waals surface area contributed by atoms with E-state index in [4.69, 9.17) is 14.4 Å². The maximum absolute atomic E-state index is 6.43. The fraction of sp³-hybridized carbons (Fsp3) is 0. The van der Waals surface area contributed by atoms with Crippen LogP contribution in [0.3, 0.4) is 0 Å². The highest BCUT2D eigenvalue weighted by Gasteiger charge is 2.19. The van der Waals surface area contributed by atoms with Crippen molar-refractivity contribution < 1.29 is 4.42 Å². The Morgan fingerprint density at radius 2 is 0.929 bits per heavy atom. The van der Waals surface area contributed by atoms with Crippen LogP contribution in [0.4, 0.5) is 17.1 Å². The highest BCUT2D eigenvalue weighted by Crippen LogP contribution is 2.42. The number of anilines is 3. The van der Waals surface area contributed by atoms with E-state index >= 15 is 0 Å². The van der Waals surface area contributed by atoms with Crippen molar-refractivity contribution in [3.63, 3.8) is 0 Å². The molecule has 2 aromatic heterocycles. The lowest BCUT2D eigenvalue weighted by Crippen LogP contribution is -2.10. The first-order chi connectivity index (χ1) is 27.7. The Bertz CT molecular complexity index is 3250. The average Bonchev–Trinajstić information content (AvgIpc) is 3.65. The predicted molar refractivity (Wildman–Crippen MR) is 233 cm³/mol. The lowest BCUT2D eigenvalue weighted by Gasteiger charge is -2.26. The van der Waals surface area contributed by atoms with Crippen LogP contribution in [-0.2, 0) is 0 Å². The smallest absolute Gasteiger partial charge is 0.137 e. The van der Waals surface area contributed by atoms with Gasteiger partial charge in [-0.25, -0.2) is 9.97 Å². The fourth-order valence-electron chi connectivity index (χ4n) is 8.13. The van der Waals surface area contributed by atoms with Crippen molar-refractivity contribution in [2.24, 2.45) is 0 Å². The van der Waals surface area contributed by atoms with Gasteiger partial charge in [-0.1, -0.05) is 146 Å². The van der Waals surface area contributed by atoms with Gasteiger partial charge in [-0.05, 0) is 75.8 Å². The molecule has 11 aromatic rings. The Morgan fingerprint density at radius 3 is 1.71 bits per heavy atom. The first-order valence-corrected chi connectivity index (χ1v) is 18.9. The van der Waals surface area contributed by atoms with Crippen LogP contribution in [-0.4, -0.2) is 9.97 Å². The van der Waals surface area contributed by atoms with Gasteiger partial charge in [-0.2, -0.15) is 0 Å². The molecule has 0 fully saturated rings. The van der Waals surface area contributed by atoms with Crippen LogP contribution in [0.25, 0.3) is 88.2 Å². The third kappa shape index (κ3) is 5.39. The van der Waals surface area contributed by atoms with E-state index in [2.05, 4.69) is 181 Å². The van der Waals surface area contributed by atoms with Crippen LogP contribution in [0, 0.1) is 0 Å². The summed E-state index contributed by atoms with van der Waals surface area (Å²) in [6.45, 7) is 0. The minimum atomic E-state index is 0.850. The van der Waals surface area contributed by atoms with E-state index in [0.29, 0.717) is 0 Å². The van der Waals surface area contributed by atoms with Gasteiger partial charge in [0.1, 0.15) is 11.2 Å². The molecule has 2 heterocycles. The zero-order valence-corrected chi connectivity index (χ0v) is 30.3. The molecule has 11 rings (SSSR count). The molecule has 262 valence electrons. The summed E-state index contributed by atoms with van der Waals surface area (Å²) in [7, 11) is 0. The standard InChI is InChI=1S/C52H33N3O/c1-4-13-34(14-5-1)39-19-12-20-40(31-39)55(42-28-29-44-43-21-10-11-22-47(43)56-48(44)33-42)41-27-25-35-23-24-36-26-30-46-52(49(36)45(35)32-41)54-51(38-17-8-3-9-18-38)50(53-46)37-15-6-2-7-16-37/h1-33H. The molecule has 4 nitrogen and oxygen atoms in total. The summed E-state index contributed by atoms with van der Waals surface area (Å²) in [6, 6.07) is 70.3. The highest BCUT2D eigenvalue weighted by atomic mass is 16.3. The second kappa shape index (κ2) is 13.1. The van der Waals surface area contributed by atoms with Crippen LogP contribution in [0.15, 0.2) is 205 Å². The molecule has 0 aliphatic carbocycles. The van der Waals surface area contributed by atoms with E-state index in [0.717, 1.165) is 99.7 Å². The summed E-state index contributed by atoms with van der Waals surface area (Å²) in [5.41, 5.74) is 12.7. The minimum Gasteiger partial charge on any atom is -0.456 e. The molecule has 0 atom stereocenters. The van der Waals surface area contributed by atoms with Crippen LogP contribution in [0.2, 0.25) is 0 Å². The highest BCUT2D eigenvalue weighted by molar-refractivity contribution is 6.19. The monoisotopic (exact) mass is 715 g/mol. The molecule has 0 unspecified atom stereocenters. The van der Waals surface area contributed by atoms with E-state index in [9.17, 15) is 0 Å². The largest absolute Gasteiger partial charge is 0.456 e. The first kappa shape index (κ1) is 31.9. The van der Waals surface area contributed by atoms with Crippen molar-refractivity contribution in [3.05, 3.63) is 200 Å². The number of benzene rings is 9. The van der Waals surface area contributed by atoms with Gasteiger partial charge >= 0.3 is 0 Å². The molecule has 0 bridgehead atoms.